The number of ether oxygens (including phenoxy) is 1. The first-order valence-corrected chi connectivity index (χ1v) is 5.15. The molecule has 86 valence electrons. The normalized spacial score (nSPS) is 15.9. The zero-order valence-electron chi connectivity index (χ0n) is 8.89. The first-order chi connectivity index (χ1) is 7.81. The fraction of sp³-hybridized carbons (Fsp3) is 0.364. The maximum absolute atomic E-state index is 11.1. The molecule has 1 aromatic carbocycles. The van der Waals surface area contributed by atoms with E-state index in [0.717, 1.165) is 32.0 Å². The van der Waals surface area contributed by atoms with Gasteiger partial charge in [-0.25, -0.2) is 4.79 Å². The molecule has 0 aliphatic carbocycles. The van der Waals surface area contributed by atoms with Gasteiger partial charge in [0.15, 0.2) is 0 Å². The molecule has 1 saturated heterocycles. The summed E-state index contributed by atoms with van der Waals surface area (Å²) in [5.41, 5.74) is 1.54. The Morgan fingerprint density at radius 2 is 1.88 bits per heavy atom. The number of hydrogen-bond acceptors (Lipinski definition) is 5. The molecule has 0 unspecified atom stereocenters. The largest absolute Gasteiger partial charge is 0.378 e. The Balaban J connectivity index is 2.09. The van der Waals surface area contributed by atoms with E-state index < -0.39 is 5.97 Å². The first-order valence-electron chi connectivity index (χ1n) is 5.15. The van der Waals surface area contributed by atoms with Gasteiger partial charge >= 0.3 is 5.97 Å². The van der Waals surface area contributed by atoms with Crippen LogP contribution in [0.5, 0.6) is 0 Å². The molecular weight excluding hydrogens is 208 g/mol. The second-order valence-corrected chi connectivity index (χ2v) is 3.55. The van der Waals surface area contributed by atoms with Crippen molar-refractivity contribution in [2.24, 2.45) is 5.90 Å². The molecule has 2 N–H and O–H groups in total. The van der Waals surface area contributed by atoms with E-state index in [2.05, 4.69) is 9.74 Å². The Labute approximate surface area is 93.7 Å². The summed E-state index contributed by atoms with van der Waals surface area (Å²) in [6, 6.07) is 7.19. The van der Waals surface area contributed by atoms with E-state index >= 15 is 0 Å². The molecule has 0 saturated carbocycles. The van der Waals surface area contributed by atoms with E-state index in [-0.39, 0.29) is 0 Å². The zero-order chi connectivity index (χ0) is 11.4. The lowest BCUT2D eigenvalue weighted by atomic mass is 10.2. The molecule has 5 heteroatoms. The van der Waals surface area contributed by atoms with Crippen molar-refractivity contribution < 1.29 is 14.4 Å². The van der Waals surface area contributed by atoms with Gasteiger partial charge in [-0.15, -0.1) is 0 Å². The number of anilines is 1. The Kier molecular flexibility index (Phi) is 3.38. The smallest absolute Gasteiger partial charge is 0.356 e. The second-order valence-electron chi connectivity index (χ2n) is 3.55. The highest BCUT2D eigenvalue weighted by molar-refractivity contribution is 5.89. The molecule has 1 fully saturated rings. The monoisotopic (exact) mass is 222 g/mol. The van der Waals surface area contributed by atoms with E-state index in [9.17, 15) is 4.79 Å². The minimum absolute atomic E-state index is 0.458. The van der Waals surface area contributed by atoms with Gasteiger partial charge in [0.1, 0.15) is 0 Å². The third kappa shape index (κ3) is 2.32. The number of morpholine rings is 1. The van der Waals surface area contributed by atoms with Gasteiger partial charge < -0.3 is 14.5 Å². The van der Waals surface area contributed by atoms with Crippen LogP contribution in [0.4, 0.5) is 5.69 Å². The van der Waals surface area contributed by atoms with E-state index in [0.29, 0.717) is 5.56 Å². The van der Waals surface area contributed by atoms with Crippen LogP contribution in [-0.4, -0.2) is 32.3 Å². The molecule has 1 heterocycles. The van der Waals surface area contributed by atoms with Crippen molar-refractivity contribution in [1.82, 2.24) is 0 Å². The SMILES string of the molecule is NOC(=O)c1ccc(N2CCOCC2)cc1. The molecule has 1 aliphatic heterocycles. The topological polar surface area (TPSA) is 64.8 Å². The van der Waals surface area contributed by atoms with Crippen LogP contribution in [0.25, 0.3) is 0 Å². The molecule has 0 aromatic heterocycles. The van der Waals surface area contributed by atoms with Crippen molar-refractivity contribution in [3.05, 3.63) is 29.8 Å². The molecule has 1 aromatic rings. The third-order valence-electron chi connectivity index (χ3n) is 2.59. The average Bonchev–Trinajstić information content (AvgIpc) is 2.39. The number of rotatable bonds is 2. The molecule has 0 radical (unpaired) electrons. The van der Waals surface area contributed by atoms with Crippen LogP contribution in [0.1, 0.15) is 10.4 Å². The quantitative estimate of drug-likeness (QED) is 0.740. The lowest BCUT2D eigenvalue weighted by Crippen LogP contribution is -2.36. The molecule has 5 nitrogen and oxygen atoms in total. The number of hydrogen-bond donors (Lipinski definition) is 1. The van der Waals surface area contributed by atoms with Gasteiger partial charge in [-0.1, -0.05) is 0 Å². The van der Waals surface area contributed by atoms with Gasteiger partial charge in [0.25, 0.3) is 0 Å². The fourth-order valence-electron chi connectivity index (χ4n) is 1.70. The third-order valence-corrected chi connectivity index (χ3v) is 2.59. The van der Waals surface area contributed by atoms with E-state index in [4.69, 9.17) is 10.6 Å². The molecule has 0 spiro atoms. The van der Waals surface area contributed by atoms with Crippen molar-refractivity contribution >= 4 is 11.7 Å². The Bertz CT molecular complexity index is 358. The fourth-order valence-corrected chi connectivity index (χ4v) is 1.70. The molecule has 1 aliphatic rings. The maximum atomic E-state index is 11.1. The van der Waals surface area contributed by atoms with E-state index in [1.165, 1.54) is 0 Å². The Morgan fingerprint density at radius 3 is 2.44 bits per heavy atom. The Morgan fingerprint density at radius 1 is 1.25 bits per heavy atom. The number of carbonyl (C=O) groups excluding carboxylic acids is 1. The molecular formula is C11H14N2O3. The van der Waals surface area contributed by atoms with Crippen molar-refractivity contribution in [2.45, 2.75) is 0 Å². The molecule has 16 heavy (non-hydrogen) atoms. The molecule has 0 bridgehead atoms. The van der Waals surface area contributed by atoms with Gasteiger partial charge in [-0.2, -0.15) is 5.90 Å². The Hall–Kier alpha value is -1.59. The predicted octanol–water partition coefficient (Wildman–Crippen LogP) is 0.554. The lowest BCUT2D eigenvalue weighted by molar-refractivity contribution is 0.0503. The highest BCUT2D eigenvalue weighted by Gasteiger charge is 2.12. The van der Waals surface area contributed by atoms with Crippen LogP contribution >= 0.6 is 0 Å². The van der Waals surface area contributed by atoms with Gasteiger partial charge in [0.05, 0.1) is 18.8 Å². The van der Waals surface area contributed by atoms with E-state index in [1.54, 1.807) is 12.1 Å². The molecule has 2 rings (SSSR count). The predicted molar refractivity (Wildman–Crippen MR) is 59.1 cm³/mol. The van der Waals surface area contributed by atoms with Crippen molar-refractivity contribution in [1.29, 1.82) is 0 Å². The highest BCUT2D eigenvalue weighted by atomic mass is 16.7. The number of nitrogens with zero attached hydrogens (tertiary/aromatic N) is 1. The minimum atomic E-state index is -0.520. The highest BCUT2D eigenvalue weighted by Crippen LogP contribution is 2.16. The van der Waals surface area contributed by atoms with Crippen molar-refractivity contribution in [3.63, 3.8) is 0 Å². The van der Waals surface area contributed by atoms with Gasteiger partial charge in [0, 0.05) is 18.8 Å². The number of nitrogens with two attached hydrogens (primary N) is 1. The number of carbonyl (C=O) groups is 1. The van der Waals surface area contributed by atoms with Crippen molar-refractivity contribution in [3.8, 4) is 0 Å². The van der Waals surface area contributed by atoms with Crippen molar-refractivity contribution in [2.75, 3.05) is 31.2 Å². The summed E-state index contributed by atoms with van der Waals surface area (Å²) < 4.78 is 5.27. The maximum Gasteiger partial charge on any atom is 0.356 e. The standard InChI is InChI=1S/C11H14N2O3/c12-16-11(14)9-1-3-10(4-2-9)13-5-7-15-8-6-13/h1-4H,5-8,12H2. The van der Waals surface area contributed by atoms with Crippen LogP contribution in [0.3, 0.4) is 0 Å². The van der Waals surface area contributed by atoms with Gasteiger partial charge in [0.2, 0.25) is 0 Å². The summed E-state index contributed by atoms with van der Waals surface area (Å²) in [4.78, 5) is 17.5. The summed E-state index contributed by atoms with van der Waals surface area (Å²) >= 11 is 0. The molecule has 0 amide bonds. The zero-order valence-corrected chi connectivity index (χ0v) is 8.89. The van der Waals surface area contributed by atoms with Crippen LogP contribution in [0.15, 0.2) is 24.3 Å². The van der Waals surface area contributed by atoms with Crippen LogP contribution in [0.2, 0.25) is 0 Å². The summed E-state index contributed by atoms with van der Waals surface area (Å²) in [5, 5.41) is 0. The summed E-state index contributed by atoms with van der Waals surface area (Å²) in [5.74, 6) is 4.29. The first kappa shape index (κ1) is 10.9. The number of benzene rings is 1. The lowest BCUT2D eigenvalue weighted by Gasteiger charge is -2.28. The average molecular weight is 222 g/mol. The van der Waals surface area contributed by atoms with E-state index in [1.807, 2.05) is 12.1 Å². The van der Waals surface area contributed by atoms with Gasteiger partial charge in [-0.05, 0) is 24.3 Å². The summed E-state index contributed by atoms with van der Waals surface area (Å²) in [6.07, 6.45) is 0. The summed E-state index contributed by atoms with van der Waals surface area (Å²) in [6.45, 7) is 3.24. The summed E-state index contributed by atoms with van der Waals surface area (Å²) in [7, 11) is 0. The molecule has 0 atom stereocenters. The van der Waals surface area contributed by atoms with Crippen LogP contribution in [0, 0.1) is 0 Å². The second kappa shape index (κ2) is 4.96. The van der Waals surface area contributed by atoms with Crippen LogP contribution < -0.4 is 10.8 Å². The van der Waals surface area contributed by atoms with Gasteiger partial charge in [-0.3, -0.25) is 0 Å². The minimum Gasteiger partial charge on any atom is -0.378 e. The van der Waals surface area contributed by atoms with Crippen LogP contribution in [-0.2, 0) is 9.57 Å².